The maximum absolute atomic E-state index is 11.8. The molecule has 1 fully saturated rings. The van der Waals surface area contributed by atoms with Gasteiger partial charge in [0.05, 0.1) is 6.54 Å². The van der Waals surface area contributed by atoms with Crippen LogP contribution in [-0.4, -0.2) is 42.2 Å². The van der Waals surface area contributed by atoms with Crippen LogP contribution < -0.4 is 20.7 Å². The van der Waals surface area contributed by atoms with Crippen LogP contribution in [0.3, 0.4) is 0 Å². The lowest BCUT2D eigenvalue weighted by Crippen LogP contribution is -2.45. The highest BCUT2D eigenvalue weighted by Crippen LogP contribution is 2.17. The van der Waals surface area contributed by atoms with E-state index >= 15 is 0 Å². The van der Waals surface area contributed by atoms with Gasteiger partial charge in [-0.2, -0.15) is 0 Å². The Morgan fingerprint density at radius 1 is 1.08 bits per heavy atom. The number of urea groups is 1. The van der Waals surface area contributed by atoms with E-state index in [2.05, 4.69) is 16.0 Å². The van der Waals surface area contributed by atoms with Crippen LogP contribution in [0.2, 0.25) is 0 Å². The Bertz CT molecular complexity index is 597. The number of carbonyl (C=O) groups excluding carboxylic acids is 2. The second kappa shape index (κ2) is 9.51. The predicted molar refractivity (Wildman–Crippen MR) is 91.6 cm³/mol. The first-order valence-electron chi connectivity index (χ1n) is 8.32. The van der Waals surface area contributed by atoms with E-state index in [0.717, 1.165) is 25.7 Å². The largest absolute Gasteiger partial charge is 0.482 e. The molecule has 8 heteroatoms. The highest BCUT2D eigenvalue weighted by molar-refractivity contribution is 5.94. The number of hydrogen-bond donors (Lipinski definition) is 4. The van der Waals surface area contributed by atoms with Gasteiger partial charge in [0.2, 0.25) is 5.91 Å². The summed E-state index contributed by atoms with van der Waals surface area (Å²) in [4.78, 5) is 34.0. The lowest BCUT2D eigenvalue weighted by atomic mass is 9.96. The molecule has 0 saturated heterocycles. The molecule has 1 aromatic rings. The van der Waals surface area contributed by atoms with Crippen molar-refractivity contribution in [2.24, 2.45) is 0 Å². The van der Waals surface area contributed by atoms with Crippen molar-refractivity contribution in [1.82, 2.24) is 10.6 Å². The van der Waals surface area contributed by atoms with E-state index in [-0.39, 0.29) is 24.5 Å². The number of hydrogen-bond acceptors (Lipinski definition) is 4. The molecule has 0 atom stereocenters. The van der Waals surface area contributed by atoms with Crippen molar-refractivity contribution >= 4 is 23.6 Å². The zero-order chi connectivity index (χ0) is 18.1. The molecule has 0 bridgehead atoms. The Morgan fingerprint density at radius 2 is 1.76 bits per heavy atom. The van der Waals surface area contributed by atoms with Crippen LogP contribution in [0.1, 0.15) is 32.1 Å². The minimum atomic E-state index is -1.06. The van der Waals surface area contributed by atoms with E-state index in [1.54, 1.807) is 24.3 Å². The number of ether oxygens (including phenoxy) is 1. The Morgan fingerprint density at radius 3 is 2.40 bits per heavy atom. The van der Waals surface area contributed by atoms with E-state index in [1.165, 1.54) is 6.42 Å². The van der Waals surface area contributed by atoms with E-state index in [9.17, 15) is 14.4 Å². The average molecular weight is 349 g/mol. The standard InChI is InChI=1S/C17H23N3O5/c21-15(10-18-17(24)20-12-4-2-1-3-5-12)19-13-6-8-14(9-7-13)25-11-16(22)23/h6-9,12H,1-5,10-11H2,(H,19,21)(H,22,23)(H2,18,20,24). The minimum absolute atomic E-state index is 0.129. The molecule has 0 heterocycles. The molecule has 2 rings (SSSR count). The van der Waals surface area contributed by atoms with Gasteiger partial charge in [-0.1, -0.05) is 19.3 Å². The van der Waals surface area contributed by atoms with Crippen molar-refractivity contribution < 1.29 is 24.2 Å². The van der Waals surface area contributed by atoms with Gasteiger partial charge >= 0.3 is 12.0 Å². The lowest BCUT2D eigenvalue weighted by molar-refractivity contribution is -0.139. The van der Waals surface area contributed by atoms with E-state index in [4.69, 9.17) is 9.84 Å². The summed E-state index contributed by atoms with van der Waals surface area (Å²) in [7, 11) is 0. The molecule has 25 heavy (non-hydrogen) atoms. The summed E-state index contributed by atoms with van der Waals surface area (Å²) in [5.74, 6) is -1.02. The van der Waals surface area contributed by atoms with Gasteiger partial charge in [0.25, 0.3) is 0 Å². The molecule has 3 amide bonds. The number of carboxylic acids is 1. The highest BCUT2D eigenvalue weighted by Gasteiger charge is 2.15. The summed E-state index contributed by atoms with van der Waals surface area (Å²) in [6.45, 7) is -0.554. The van der Waals surface area contributed by atoms with Crippen molar-refractivity contribution in [2.75, 3.05) is 18.5 Å². The number of benzene rings is 1. The molecule has 0 aliphatic heterocycles. The van der Waals surface area contributed by atoms with Gasteiger partial charge in [-0.3, -0.25) is 4.79 Å². The zero-order valence-corrected chi connectivity index (χ0v) is 13.9. The first-order chi connectivity index (χ1) is 12.0. The van der Waals surface area contributed by atoms with Crippen LogP contribution in [-0.2, 0) is 9.59 Å². The molecule has 0 unspecified atom stereocenters. The average Bonchev–Trinajstić information content (AvgIpc) is 2.60. The van der Waals surface area contributed by atoms with Crippen LogP contribution in [0.4, 0.5) is 10.5 Å². The molecular formula is C17H23N3O5. The fourth-order valence-electron chi connectivity index (χ4n) is 2.63. The number of rotatable bonds is 7. The van der Waals surface area contributed by atoms with Crippen molar-refractivity contribution in [3.63, 3.8) is 0 Å². The van der Waals surface area contributed by atoms with Crippen molar-refractivity contribution in [1.29, 1.82) is 0 Å². The molecule has 1 aliphatic carbocycles. The van der Waals surface area contributed by atoms with Gasteiger partial charge in [-0.25, -0.2) is 9.59 Å². The SMILES string of the molecule is O=C(O)COc1ccc(NC(=O)CNC(=O)NC2CCCCC2)cc1. The Kier molecular flexibility index (Phi) is 7.06. The van der Waals surface area contributed by atoms with Crippen LogP contribution >= 0.6 is 0 Å². The first-order valence-corrected chi connectivity index (χ1v) is 8.32. The van der Waals surface area contributed by atoms with Crippen molar-refractivity contribution in [3.05, 3.63) is 24.3 Å². The van der Waals surface area contributed by atoms with E-state index < -0.39 is 12.6 Å². The smallest absolute Gasteiger partial charge is 0.341 e. The quantitative estimate of drug-likeness (QED) is 0.598. The number of carboxylic acid groups (broad SMARTS) is 1. The third kappa shape index (κ3) is 7.11. The van der Waals surface area contributed by atoms with Crippen molar-refractivity contribution in [3.8, 4) is 5.75 Å². The number of carbonyl (C=O) groups is 3. The summed E-state index contributed by atoms with van der Waals surface area (Å²) >= 11 is 0. The molecule has 1 saturated carbocycles. The number of amides is 3. The van der Waals surface area contributed by atoms with Gasteiger partial charge in [-0.15, -0.1) is 0 Å². The lowest BCUT2D eigenvalue weighted by Gasteiger charge is -2.22. The topological polar surface area (TPSA) is 117 Å². The molecule has 8 nitrogen and oxygen atoms in total. The summed E-state index contributed by atoms with van der Waals surface area (Å²) in [5.41, 5.74) is 0.530. The normalized spacial score (nSPS) is 14.4. The van der Waals surface area contributed by atoms with Crippen LogP contribution in [0, 0.1) is 0 Å². The Labute approximate surface area is 145 Å². The monoisotopic (exact) mass is 349 g/mol. The van der Waals surface area contributed by atoms with Gasteiger partial charge < -0.3 is 25.8 Å². The highest BCUT2D eigenvalue weighted by atomic mass is 16.5. The minimum Gasteiger partial charge on any atom is -0.482 e. The number of aliphatic carboxylic acids is 1. The Hall–Kier alpha value is -2.77. The Balaban J connectivity index is 1.68. The first kappa shape index (κ1) is 18.6. The molecule has 4 N–H and O–H groups in total. The fourth-order valence-corrected chi connectivity index (χ4v) is 2.63. The van der Waals surface area contributed by atoms with Crippen LogP contribution in [0.25, 0.3) is 0 Å². The van der Waals surface area contributed by atoms with Crippen molar-refractivity contribution in [2.45, 2.75) is 38.1 Å². The third-order valence-electron chi connectivity index (χ3n) is 3.85. The molecule has 1 aromatic carbocycles. The zero-order valence-electron chi connectivity index (χ0n) is 13.9. The third-order valence-corrected chi connectivity index (χ3v) is 3.85. The van der Waals surface area contributed by atoms with E-state index in [0.29, 0.717) is 11.4 Å². The summed E-state index contributed by atoms with van der Waals surface area (Å²) in [5, 5.41) is 16.6. The fraction of sp³-hybridized carbons (Fsp3) is 0.471. The molecule has 136 valence electrons. The number of anilines is 1. The maximum Gasteiger partial charge on any atom is 0.341 e. The van der Waals surface area contributed by atoms with Gasteiger partial charge in [-0.05, 0) is 37.1 Å². The number of nitrogens with one attached hydrogen (secondary N) is 3. The molecule has 1 aliphatic rings. The second-order valence-electron chi connectivity index (χ2n) is 5.92. The molecule has 0 spiro atoms. The summed E-state index contributed by atoms with van der Waals surface area (Å²) in [6.07, 6.45) is 5.42. The second-order valence-corrected chi connectivity index (χ2v) is 5.92. The van der Waals surface area contributed by atoms with Crippen LogP contribution in [0.5, 0.6) is 5.75 Å². The van der Waals surface area contributed by atoms with Crippen LogP contribution in [0.15, 0.2) is 24.3 Å². The van der Waals surface area contributed by atoms with Gasteiger partial charge in [0.1, 0.15) is 5.75 Å². The maximum atomic E-state index is 11.8. The van der Waals surface area contributed by atoms with Gasteiger partial charge in [0.15, 0.2) is 6.61 Å². The molecular weight excluding hydrogens is 326 g/mol. The predicted octanol–water partition coefficient (Wildman–Crippen LogP) is 1.72. The summed E-state index contributed by atoms with van der Waals surface area (Å²) < 4.78 is 5.00. The molecule has 0 radical (unpaired) electrons. The summed E-state index contributed by atoms with van der Waals surface area (Å²) in [6, 6.07) is 6.16. The molecule has 0 aromatic heterocycles. The van der Waals surface area contributed by atoms with E-state index in [1.807, 2.05) is 0 Å². The van der Waals surface area contributed by atoms with Gasteiger partial charge in [0, 0.05) is 11.7 Å².